The number of fused-ring (bicyclic) bond motifs is 1. The molecule has 0 saturated carbocycles. The average molecular weight is 369 g/mol. The van der Waals surface area contributed by atoms with Gasteiger partial charge in [0, 0.05) is 23.2 Å². The summed E-state index contributed by atoms with van der Waals surface area (Å²) in [7, 11) is 0. The van der Waals surface area contributed by atoms with Gasteiger partial charge in [0.15, 0.2) is 0 Å². The Balaban J connectivity index is 1.87. The lowest BCUT2D eigenvalue weighted by atomic mass is 10.1. The second-order valence-corrected chi connectivity index (χ2v) is 6.13. The standard InChI is InChI=1S/C20H17ClN2O3/c21-15-8-6-13(7-9-15)11-23-20(26)17-12-22-18-14(4-2-10-24)3-1-5-16(18)19(17)25/h1-9,12,24H,10-11H2,(H,22,25)(H,23,26). The van der Waals surface area contributed by atoms with Crippen molar-refractivity contribution in [2.24, 2.45) is 0 Å². The largest absolute Gasteiger partial charge is 0.392 e. The molecular formula is C20H17ClN2O3. The molecule has 132 valence electrons. The Kier molecular flexibility index (Phi) is 5.51. The fourth-order valence-electron chi connectivity index (χ4n) is 2.64. The third-order valence-electron chi connectivity index (χ3n) is 3.96. The van der Waals surface area contributed by atoms with Crippen LogP contribution in [0.25, 0.3) is 17.0 Å². The SMILES string of the molecule is O=C(NCc1ccc(Cl)cc1)c1c[nH]c2c(C=CCO)cccc2c1=O. The number of carbonyl (C=O) groups is 1. The monoisotopic (exact) mass is 368 g/mol. The van der Waals surface area contributed by atoms with E-state index in [1.54, 1.807) is 36.4 Å². The zero-order valence-corrected chi connectivity index (χ0v) is 14.6. The van der Waals surface area contributed by atoms with Crippen molar-refractivity contribution < 1.29 is 9.90 Å². The molecule has 2 aromatic carbocycles. The van der Waals surface area contributed by atoms with Gasteiger partial charge in [0.05, 0.1) is 12.1 Å². The van der Waals surface area contributed by atoms with Crippen molar-refractivity contribution in [3.63, 3.8) is 0 Å². The van der Waals surface area contributed by atoms with E-state index in [9.17, 15) is 9.59 Å². The molecule has 0 aliphatic rings. The van der Waals surface area contributed by atoms with Gasteiger partial charge in [0.1, 0.15) is 5.56 Å². The van der Waals surface area contributed by atoms with Gasteiger partial charge in [-0.15, -0.1) is 0 Å². The number of amides is 1. The van der Waals surface area contributed by atoms with Crippen LogP contribution in [-0.2, 0) is 6.54 Å². The highest BCUT2D eigenvalue weighted by Crippen LogP contribution is 2.16. The Morgan fingerprint density at radius 2 is 1.96 bits per heavy atom. The van der Waals surface area contributed by atoms with Crippen LogP contribution in [0.2, 0.25) is 5.02 Å². The fraction of sp³-hybridized carbons (Fsp3) is 0.100. The minimum absolute atomic E-state index is 0.0507. The van der Waals surface area contributed by atoms with Crippen molar-refractivity contribution >= 4 is 34.5 Å². The van der Waals surface area contributed by atoms with E-state index in [0.29, 0.717) is 22.5 Å². The molecule has 0 saturated heterocycles. The number of aromatic nitrogens is 1. The summed E-state index contributed by atoms with van der Waals surface area (Å²) >= 11 is 5.84. The first-order valence-corrected chi connectivity index (χ1v) is 8.42. The quantitative estimate of drug-likeness (QED) is 0.647. The third kappa shape index (κ3) is 3.85. The first-order chi connectivity index (χ1) is 12.6. The zero-order chi connectivity index (χ0) is 18.5. The first kappa shape index (κ1) is 17.9. The van der Waals surface area contributed by atoms with Crippen LogP contribution in [0.15, 0.2) is 59.5 Å². The van der Waals surface area contributed by atoms with E-state index in [2.05, 4.69) is 10.3 Å². The van der Waals surface area contributed by atoms with Gasteiger partial charge in [-0.2, -0.15) is 0 Å². The summed E-state index contributed by atoms with van der Waals surface area (Å²) in [4.78, 5) is 28.1. The van der Waals surface area contributed by atoms with Crippen molar-refractivity contribution in [1.29, 1.82) is 0 Å². The number of hydrogen-bond donors (Lipinski definition) is 3. The summed E-state index contributed by atoms with van der Waals surface area (Å²) in [5, 5.41) is 12.7. The third-order valence-corrected chi connectivity index (χ3v) is 4.21. The van der Waals surface area contributed by atoms with E-state index in [4.69, 9.17) is 16.7 Å². The number of hydrogen-bond acceptors (Lipinski definition) is 3. The molecule has 5 nitrogen and oxygen atoms in total. The van der Waals surface area contributed by atoms with Crippen molar-refractivity contribution in [2.45, 2.75) is 6.54 Å². The summed E-state index contributed by atoms with van der Waals surface area (Å²) in [5.41, 5.74) is 1.98. The normalized spacial score (nSPS) is 11.2. The fourth-order valence-corrected chi connectivity index (χ4v) is 2.77. The summed E-state index contributed by atoms with van der Waals surface area (Å²) in [6.07, 6.45) is 4.72. The van der Waals surface area contributed by atoms with E-state index in [-0.39, 0.29) is 17.6 Å². The number of para-hydroxylation sites is 1. The summed E-state index contributed by atoms with van der Waals surface area (Å²) in [6, 6.07) is 12.3. The van der Waals surface area contributed by atoms with E-state index < -0.39 is 5.91 Å². The Morgan fingerprint density at radius 3 is 2.69 bits per heavy atom. The molecule has 0 atom stereocenters. The Labute approximate surface area is 154 Å². The topological polar surface area (TPSA) is 82.2 Å². The van der Waals surface area contributed by atoms with Gasteiger partial charge in [-0.3, -0.25) is 9.59 Å². The van der Waals surface area contributed by atoms with Crippen LogP contribution in [0.3, 0.4) is 0 Å². The van der Waals surface area contributed by atoms with Gasteiger partial charge in [-0.1, -0.05) is 48.0 Å². The summed E-state index contributed by atoms with van der Waals surface area (Å²) in [6.45, 7) is 0.207. The molecule has 1 aromatic heterocycles. The highest BCUT2D eigenvalue weighted by atomic mass is 35.5. The molecule has 0 radical (unpaired) electrons. The van der Waals surface area contributed by atoms with E-state index in [1.807, 2.05) is 18.2 Å². The maximum atomic E-state index is 12.7. The van der Waals surface area contributed by atoms with Crippen molar-refractivity contribution in [3.8, 4) is 0 Å². The number of aromatic amines is 1. The molecule has 0 aliphatic carbocycles. The predicted octanol–water partition coefficient (Wildman–Crippen LogP) is 3.12. The molecule has 0 fully saturated rings. The molecule has 3 rings (SSSR count). The van der Waals surface area contributed by atoms with Gasteiger partial charge in [0.2, 0.25) is 5.43 Å². The van der Waals surface area contributed by atoms with Gasteiger partial charge >= 0.3 is 0 Å². The minimum Gasteiger partial charge on any atom is -0.392 e. The molecule has 0 spiro atoms. The molecule has 1 amide bonds. The minimum atomic E-state index is -0.445. The molecule has 0 bridgehead atoms. The van der Waals surface area contributed by atoms with Crippen LogP contribution in [0.5, 0.6) is 0 Å². The van der Waals surface area contributed by atoms with Crippen LogP contribution in [0.4, 0.5) is 0 Å². The van der Waals surface area contributed by atoms with Crippen LogP contribution < -0.4 is 10.7 Å². The number of pyridine rings is 1. The highest BCUT2D eigenvalue weighted by molar-refractivity contribution is 6.30. The number of aliphatic hydroxyl groups excluding tert-OH is 1. The molecule has 26 heavy (non-hydrogen) atoms. The Hall–Kier alpha value is -2.89. The second kappa shape index (κ2) is 7.99. The van der Waals surface area contributed by atoms with E-state index >= 15 is 0 Å². The second-order valence-electron chi connectivity index (χ2n) is 5.70. The number of carbonyl (C=O) groups excluding carboxylic acids is 1. The molecule has 6 heteroatoms. The Bertz CT molecular complexity index is 1020. The summed E-state index contributed by atoms with van der Waals surface area (Å²) < 4.78 is 0. The molecule has 1 heterocycles. The van der Waals surface area contributed by atoms with Crippen molar-refractivity contribution in [3.05, 3.63) is 86.7 Å². The van der Waals surface area contributed by atoms with Gasteiger partial charge in [-0.25, -0.2) is 0 Å². The maximum Gasteiger partial charge on any atom is 0.257 e. The maximum absolute atomic E-state index is 12.7. The number of halogens is 1. The summed E-state index contributed by atoms with van der Waals surface area (Å²) in [5.74, 6) is -0.445. The molecule has 0 unspecified atom stereocenters. The van der Waals surface area contributed by atoms with Crippen LogP contribution >= 0.6 is 11.6 Å². The zero-order valence-electron chi connectivity index (χ0n) is 13.8. The lowest BCUT2D eigenvalue weighted by Gasteiger charge is -2.07. The van der Waals surface area contributed by atoms with Crippen LogP contribution in [-0.4, -0.2) is 22.6 Å². The number of aliphatic hydroxyl groups is 1. The highest BCUT2D eigenvalue weighted by Gasteiger charge is 2.13. The van der Waals surface area contributed by atoms with Gasteiger partial charge in [0.25, 0.3) is 5.91 Å². The molecule has 3 aromatic rings. The molecular weight excluding hydrogens is 352 g/mol. The lowest BCUT2D eigenvalue weighted by Crippen LogP contribution is -2.28. The average Bonchev–Trinajstić information content (AvgIpc) is 2.66. The van der Waals surface area contributed by atoms with Gasteiger partial charge < -0.3 is 15.4 Å². The van der Waals surface area contributed by atoms with Crippen molar-refractivity contribution in [1.82, 2.24) is 10.3 Å². The smallest absolute Gasteiger partial charge is 0.257 e. The number of nitrogens with one attached hydrogen (secondary N) is 2. The van der Waals surface area contributed by atoms with Crippen molar-refractivity contribution in [2.75, 3.05) is 6.61 Å². The lowest BCUT2D eigenvalue weighted by molar-refractivity contribution is 0.0949. The van der Waals surface area contributed by atoms with E-state index in [1.165, 1.54) is 6.20 Å². The first-order valence-electron chi connectivity index (χ1n) is 8.04. The van der Waals surface area contributed by atoms with Crippen LogP contribution in [0, 0.1) is 0 Å². The molecule has 3 N–H and O–H groups in total. The van der Waals surface area contributed by atoms with Gasteiger partial charge in [-0.05, 0) is 29.3 Å². The Morgan fingerprint density at radius 1 is 1.19 bits per heavy atom. The molecule has 0 aliphatic heterocycles. The number of H-pyrrole nitrogens is 1. The number of benzene rings is 2. The van der Waals surface area contributed by atoms with E-state index in [0.717, 1.165) is 11.1 Å². The number of rotatable bonds is 5. The predicted molar refractivity (Wildman–Crippen MR) is 103 cm³/mol. The van der Waals surface area contributed by atoms with Crippen LogP contribution in [0.1, 0.15) is 21.5 Å².